The van der Waals surface area contributed by atoms with Gasteiger partial charge in [-0.3, -0.25) is 9.69 Å². The predicted molar refractivity (Wildman–Crippen MR) is 80.2 cm³/mol. The van der Waals surface area contributed by atoms with E-state index < -0.39 is 6.10 Å². The van der Waals surface area contributed by atoms with Crippen LogP contribution in [0, 0.1) is 6.92 Å². The van der Waals surface area contributed by atoms with Crippen molar-refractivity contribution < 1.29 is 14.6 Å². The lowest BCUT2D eigenvalue weighted by Gasteiger charge is -2.19. The van der Waals surface area contributed by atoms with Crippen LogP contribution in [0.1, 0.15) is 5.56 Å². The fraction of sp³-hybridized carbons (Fsp3) is 0.500. The lowest BCUT2D eigenvalue weighted by atomic mass is 10.2. The molecular formula is C14H21ClN2O3. The predicted octanol–water partition coefficient (Wildman–Crippen LogP) is 1.53. The number of halogens is 1. The van der Waals surface area contributed by atoms with Crippen molar-refractivity contribution in [2.75, 3.05) is 39.2 Å². The van der Waals surface area contributed by atoms with Crippen LogP contribution in [0.4, 0.5) is 5.69 Å². The minimum Gasteiger partial charge on any atom is -0.389 e. The Morgan fingerprint density at radius 1 is 1.55 bits per heavy atom. The second-order valence-electron chi connectivity index (χ2n) is 4.81. The van der Waals surface area contributed by atoms with Gasteiger partial charge in [0.1, 0.15) is 0 Å². The molecule has 0 radical (unpaired) electrons. The summed E-state index contributed by atoms with van der Waals surface area (Å²) in [5, 5.41) is 13.0. The number of carbonyl (C=O) groups excluding carboxylic acids is 1. The van der Waals surface area contributed by atoms with Crippen molar-refractivity contribution in [1.82, 2.24) is 4.90 Å². The molecule has 0 aromatic heterocycles. The molecule has 20 heavy (non-hydrogen) atoms. The van der Waals surface area contributed by atoms with Gasteiger partial charge in [0.15, 0.2) is 0 Å². The quantitative estimate of drug-likeness (QED) is 0.801. The minimum atomic E-state index is -0.602. The first kappa shape index (κ1) is 16.9. The molecule has 0 bridgehead atoms. The van der Waals surface area contributed by atoms with Crippen molar-refractivity contribution in [3.63, 3.8) is 0 Å². The van der Waals surface area contributed by atoms with E-state index in [2.05, 4.69) is 5.32 Å². The van der Waals surface area contributed by atoms with Crippen molar-refractivity contribution in [2.45, 2.75) is 13.0 Å². The number of likely N-dealkylation sites (N-methyl/N-ethyl adjacent to an activating group) is 1. The summed E-state index contributed by atoms with van der Waals surface area (Å²) in [6, 6.07) is 5.30. The number of hydrogen-bond donors (Lipinski definition) is 2. The lowest BCUT2D eigenvalue weighted by molar-refractivity contribution is -0.117. The molecule has 0 aliphatic heterocycles. The normalized spacial score (nSPS) is 12.5. The van der Waals surface area contributed by atoms with E-state index in [1.807, 2.05) is 6.92 Å². The topological polar surface area (TPSA) is 61.8 Å². The lowest BCUT2D eigenvalue weighted by Crippen LogP contribution is -2.37. The summed E-state index contributed by atoms with van der Waals surface area (Å²) in [6.07, 6.45) is -0.602. The molecule has 1 amide bonds. The van der Waals surface area contributed by atoms with Crippen LogP contribution in [0.15, 0.2) is 18.2 Å². The van der Waals surface area contributed by atoms with Gasteiger partial charge < -0.3 is 15.2 Å². The van der Waals surface area contributed by atoms with Crippen molar-refractivity contribution in [2.24, 2.45) is 0 Å². The van der Waals surface area contributed by atoms with Crippen LogP contribution in [0.3, 0.4) is 0 Å². The van der Waals surface area contributed by atoms with Crippen LogP contribution in [0.25, 0.3) is 0 Å². The van der Waals surface area contributed by atoms with Crippen LogP contribution in [0.2, 0.25) is 5.02 Å². The Morgan fingerprint density at radius 3 is 2.85 bits per heavy atom. The molecule has 0 aliphatic carbocycles. The number of rotatable bonds is 7. The molecule has 0 heterocycles. The maximum atomic E-state index is 11.9. The van der Waals surface area contributed by atoms with Gasteiger partial charge in [-0.25, -0.2) is 0 Å². The first-order valence-electron chi connectivity index (χ1n) is 6.34. The zero-order chi connectivity index (χ0) is 15.1. The molecule has 112 valence electrons. The molecule has 0 fully saturated rings. The summed E-state index contributed by atoms with van der Waals surface area (Å²) in [4.78, 5) is 13.6. The third kappa shape index (κ3) is 5.88. The number of ether oxygens (including phenoxy) is 1. The average molecular weight is 301 g/mol. The zero-order valence-corrected chi connectivity index (χ0v) is 12.8. The molecule has 1 rings (SSSR count). The summed E-state index contributed by atoms with van der Waals surface area (Å²) >= 11 is 5.86. The smallest absolute Gasteiger partial charge is 0.238 e. The molecule has 5 nitrogen and oxygen atoms in total. The Bertz CT molecular complexity index is 454. The van der Waals surface area contributed by atoms with Crippen molar-refractivity contribution in [3.8, 4) is 0 Å². The highest BCUT2D eigenvalue weighted by Gasteiger charge is 2.12. The maximum Gasteiger partial charge on any atom is 0.238 e. The van der Waals surface area contributed by atoms with E-state index in [-0.39, 0.29) is 19.1 Å². The van der Waals surface area contributed by atoms with E-state index in [9.17, 15) is 9.90 Å². The fourth-order valence-electron chi connectivity index (χ4n) is 1.87. The van der Waals surface area contributed by atoms with Gasteiger partial charge in [-0.2, -0.15) is 0 Å². The van der Waals surface area contributed by atoms with Crippen LogP contribution in [0.5, 0.6) is 0 Å². The van der Waals surface area contributed by atoms with E-state index in [0.717, 1.165) is 11.3 Å². The maximum absolute atomic E-state index is 11.9. The summed E-state index contributed by atoms with van der Waals surface area (Å²) < 4.78 is 4.84. The molecule has 0 saturated carbocycles. The molecular weight excluding hydrogens is 280 g/mol. The standard InChI is InChI=1S/C14H21ClN2O3/c1-10-6-11(15)4-5-13(10)16-14(19)8-17(2)7-12(18)9-20-3/h4-6,12,18H,7-9H2,1-3H3,(H,16,19). The zero-order valence-electron chi connectivity index (χ0n) is 12.0. The van der Waals surface area contributed by atoms with Crippen LogP contribution in [-0.2, 0) is 9.53 Å². The largest absolute Gasteiger partial charge is 0.389 e. The molecule has 1 unspecified atom stereocenters. The Hall–Kier alpha value is -1.14. The van der Waals surface area contributed by atoms with Gasteiger partial charge in [0, 0.05) is 24.4 Å². The minimum absolute atomic E-state index is 0.137. The van der Waals surface area contributed by atoms with Gasteiger partial charge in [0.25, 0.3) is 0 Å². The Kier molecular flexibility index (Phi) is 6.95. The van der Waals surface area contributed by atoms with Crippen molar-refractivity contribution >= 4 is 23.2 Å². The number of aryl methyl sites for hydroxylation is 1. The SMILES string of the molecule is COCC(O)CN(C)CC(=O)Nc1ccc(Cl)cc1C. The molecule has 0 spiro atoms. The van der Waals surface area contributed by atoms with Crippen molar-refractivity contribution in [1.29, 1.82) is 0 Å². The van der Waals surface area contributed by atoms with Crippen LogP contribution in [-0.4, -0.2) is 55.9 Å². The Labute approximate surface area is 124 Å². The number of nitrogens with zero attached hydrogens (tertiary/aromatic N) is 1. The van der Waals surface area contributed by atoms with E-state index in [0.29, 0.717) is 11.6 Å². The summed E-state index contributed by atoms with van der Waals surface area (Å²) in [7, 11) is 3.30. The van der Waals surface area contributed by atoms with Gasteiger partial charge in [0.05, 0.1) is 19.3 Å². The number of carbonyl (C=O) groups is 1. The monoisotopic (exact) mass is 300 g/mol. The fourth-order valence-corrected chi connectivity index (χ4v) is 2.10. The van der Waals surface area contributed by atoms with Crippen LogP contribution < -0.4 is 5.32 Å². The number of aliphatic hydroxyl groups is 1. The number of benzene rings is 1. The molecule has 1 atom stereocenters. The third-order valence-electron chi connectivity index (χ3n) is 2.76. The molecule has 2 N–H and O–H groups in total. The highest BCUT2D eigenvalue weighted by molar-refractivity contribution is 6.30. The average Bonchev–Trinajstić information content (AvgIpc) is 2.32. The first-order chi connectivity index (χ1) is 9.42. The van der Waals surface area contributed by atoms with E-state index in [1.54, 1.807) is 30.1 Å². The molecule has 0 aliphatic rings. The van der Waals surface area contributed by atoms with Gasteiger partial charge in [0.2, 0.25) is 5.91 Å². The second-order valence-corrected chi connectivity index (χ2v) is 5.25. The Balaban J connectivity index is 2.46. The summed E-state index contributed by atoms with van der Waals surface area (Å²) in [6.45, 7) is 2.71. The number of aliphatic hydroxyl groups excluding tert-OH is 1. The molecule has 1 aromatic rings. The molecule has 6 heteroatoms. The van der Waals surface area contributed by atoms with E-state index in [4.69, 9.17) is 16.3 Å². The highest BCUT2D eigenvalue weighted by atomic mass is 35.5. The van der Waals surface area contributed by atoms with Gasteiger partial charge >= 0.3 is 0 Å². The highest BCUT2D eigenvalue weighted by Crippen LogP contribution is 2.19. The number of nitrogens with one attached hydrogen (secondary N) is 1. The number of amides is 1. The summed E-state index contributed by atoms with van der Waals surface area (Å²) in [5.74, 6) is -0.137. The van der Waals surface area contributed by atoms with Crippen LogP contribution >= 0.6 is 11.6 Å². The Morgan fingerprint density at radius 2 is 2.25 bits per heavy atom. The molecule has 1 aromatic carbocycles. The summed E-state index contributed by atoms with van der Waals surface area (Å²) in [5.41, 5.74) is 1.65. The van der Waals surface area contributed by atoms with Gasteiger partial charge in [-0.05, 0) is 37.7 Å². The first-order valence-corrected chi connectivity index (χ1v) is 6.71. The molecule has 0 saturated heterocycles. The number of anilines is 1. The van der Waals surface area contributed by atoms with E-state index >= 15 is 0 Å². The van der Waals surface area contributed by atoms with Gasteiger partial charge in [-0.1, -0.05) is 11.6 Å². The van der Waals surface area contributed by atoms with Crippen molar-refractivity contribution in [3.05, 3.63) is 28.8 Å². The number of methoxy groups -OCH3 is 1. The third-order valence-corrected chi connectivity index (χ3v) is 2.99. The van der Waals surface area contributed by atoms with E-state index in [1.165, 1.54) is 7.11 Å². The number of hydrogen-bond acceptors (Lipinski definition) is 4. The second kappa shape index (κ2) is 8.21. The van der Waals surface area contributed by atoms with Gasteiger partial charge in [-0.15, -0.1) is 0 Å².